The number of nitrogens with zero attached hydrogens (tertiary/aromatic N) is 4. The van der Waals surface area contributed by atoms with Crippen LogP contribution in [0.2, 0.25) is 0 Å². The van der Waals surface area contributed by atoms with Gasteiger partial charge < -0.3 is 20.7 Å². The second-order valence-electron chi connectivity index (χ2n) is 8.18. The number of aromatic nitrogens is 4. The zero-order valence-corrected chi connectivity index (χ0v) is 17.6. The van der Waals surface area contributed by atoms with Gasteiger partial charge >= 0.3 is 0 Å². The molecule has 0 radical (unpaired) electrons. The molecule has 0 unspecified atom stereocenters. The molecule has 9 heteroatoms. The molecule has 162 valence electrons. The third-order valence-corrected chi connectivity index (χ3v) is 5.75. The summed E-state index contributed by atoms with van der Waals surface area (Å²) in [4.78, 5) is 21.8. The zero-order valence-electron chi connectivity index (χ0n) is 17.6. The fraction of sp³-hybridized carbons (Fsp3) is 0.455. The lowest BCUT2D eigenvalue weighted by Crippen LogP contribution is -2.25. The summed E-state index contributed by atoms with van der Waals surface area (Å²) < 4.78 is 7.84. The van der Waals surface area contributed by atoms with Crippen LogP contribution in [0.25, 0.3) is 5.65 Å². The van der Waals surface area contributed by atoms with E-state index in [9.17, 15) is 4.79 Å². The minimum absolute atomic E-state index is 0.146. The predicted molar refractivity (Wildman–Crippen MR) is 118 cm³/mol. The van der Waals surface area contributed by atoms with Gasteiger partial charge in [-0.05, 0) is 50.7 Å². The molecule has 3 N–H and O–H groups in total. The molecule has 3 heterocycles. The standard InChI is InChI=1S/C22H27N7O2/c1-23-19-12-18(28-20-16(13-25-29(19)20)21(30)26-14-9-10-14)27-17-8-5-11-24-22(17)31-15-6-3-2-4-7-15/h5,8,11-15,23H,2-4,6-7,9-10H2,1H3,(H,26,30)(H,27,28). The molecular weight excluding hydrogens is 394 g/mol. The van der Waals surface area contributed by atoms with Gasteiger partial charge in [0.2, 0.25) is 5.88 Å². The lowest BCUT2D eigenvalue weighted by Gasteiger charge is -2.23. The molecule has 0 spiro atoms. The summed E-state index contributed by atoms with van der Waals surface area (Å²) in [6.07, 6.45) is 11.3. The van der Waals surface area contributed by atoms with E-state index in [1.54, 1.807) is 16.9 Å². The molecule has 2 saturated carbocycles. The Morgan fingerprint density at radius 2 is 2.03 bits per heavy atom. The largest absolute Gasteiger partial charge is 0.473 e. The lowest BCUT2D eigenvalue weighted by molar-refractivity contribution is 0.0952. The fourth-order valence-electron chi connectivity index (χ4n) is 3.91. The van der Waals surface area contributed by atoms with Gasteiger partial charge in [0, 0.05) is 25.4 Å². The maximum absolute atomic E-state index is 12.6. The van der Waals surface area contributed by atoms with E-state index in [1.165, 1.54) is 19.3 Å². The minimum atomic E-state index is -0.146. The molecular formula is C22H27N7O2. The molecule has 5 rings (SSSR count). The Labute approximate surface area is 180 Å². The van der Waals surface area contributed by atoms with Gasteiger partial charge in [-0.25, -0.2) is 9.97 Å². The molecule has 0 aliphatic heterocycles. The van der Waals surface area contributed by atoms with Gasteiger partial charge in [-0.3, -0.25) is 4.79 Å². The normalized spacial score (nSPS) is 16.8. The number of ether oxygens (including phenoxy) is 1. The number of hydrogen-bond donors (Lipinski definition) is 3. The number of hydrogen-bond acceptors (Lipinski definition) is 7. The predicted octanol–water partition coefficient (Wildman–Crippen LogP) is 3.51. The smallest absolute Gasteiger partial charge is 0.256 e. The summed E-state index contributed by atoms with van der Waals surface area (Å²) in [5, 5.41) is 13.8. The van der Waals surface area contributed by atoms with Gasteiger partial charge in [-0.1, -0.05) is 6.42 Å². The van der Waals surface area contributed by atoms with E-state index >= 15 is 0 Å². The van der Waals surface area contributed by atoms with E-state index in [2.05, 4.69) is 31.0 Å². The van der Waals surface area contributed by atoms with Crippen molar-refractivity contribution in [2.75, 3.05) is 17.7 Å². The number of pyridine rings is 1. The van der Waals surface area contributed by atoms with Crippen molar-refractivity contribution < 1.29 is 9.53 Å². The Kier molecular flexibility index (Phi) is 5.31. The van der Waals surface area contributed by atoms with Crippen molar-refractivity contribution in [3.63, 3.8) is 0 Å². The maximum atomic E-state index is 12.6. The van der Waals surface area contributed by atoms with Crippen LogP contribution in [0.5, 0.6) is 5.88 Å². The number of carbonyl (C=O) groups is 1. The van der Waals surface area contributed by atoms with Gasteiger partial charge in [0.1, 0.15) is 29.0 Å². The first-order valence-corrected chi connectivity index (χ1v) is 11.0. The SMILES string of the molecule is CNc1cc(Nc2cccnc2OC2CCCCC2)nc2c(C(=O)NC3CC3)cnn12. The molecule has 0 atom stereocenters. The maximum Gasteiger partial charge on any atom is 0.256 e. The Bertz CT molecular complexity index is 1090. The van der Waals surface area contributed by atoms with Crippen molar-refractivity contribution in [3.05, 3.63) is 36.2 Å². The highest BCUT2D eigenvalue weighted by atomic mass is 16.5. The van der Waals surface area contributed by atoms with Crippen molar-refractivity contribution in [1.82, 2.24) is 24.9 Å². The fourth-order valence-corrected chi connectivity index (χ4v) is 3.91. The van der Waals surface area contributed by atoms with Crippen molar-refractivity contribution >= 4 is 28.9 Å². The molecule has 2 aliphatic carbocycles. The molecule has 0 saturated heterocycles. The number of fused-ring (bicyclic) bond motifs is 1. The Balaban J connectivity index is 1.44. The van der Waals surface area contributed by atoms with Crippen LogP contribution < -0.4 is 20.7 Å². The van der Waals surface area contributed by atoms with Gasteiger partial charge in [-0.15, -0.1) is 0 Å². The van der Waals surface area contributed by atoms with Gasteiger partial charge in [-0.2, -0.15) is 9.61 Å². The van der Waals surface area contributed by atoms with Crippen molar-refractivity contribution in [2.24, 2.45) is 0 Å². The number of carbonyl (C=O) groups excluding carboxylic acids is 1. The van der Waals surface area contributed by atoms with Crippen molar-refractivity contribution in [3.8, 4) is 5.88 Å². The summed E-state index contributed by atoms with van der Waals surface area (Å²) in [5.41, 5.74) is 1.69. The van der Waals surface area contributed by atoms with Crippen LogP contribution >= 0.6 is 0 Å². The molecule has 3 aromatic rings. The number of nitrogens with one attached hydrogen (secondary N) is 3. The van der Waals surface area contributed by atoms with E-state index in [4.69, 9.17) is 4.74 Å². The summed E-state index contributed by atoms with van der Waals surface area (Å²) in [5.74, 6) is 1.73. The number of amides is 1. The molecule has 0 aromatic carbocycles. The summed E-state index contributed by atoms with van der Waals surface area (Å²) in [6.45, 7) is 0. The topological polar surface area (TPSA) is 105 Å². The summed E-state index contributed by atoms with van der Waals surface area (Å²) >= 11 is 0. The van der Waals surface area contributed by atoms with Crippen LogP contribution in [-0.4, -0.2) is 44.7 Å². The van der Waals surface area contributed by atoms with E-state index in [0.717, 1.165) is 37.2 Å². The molecule has 2 aliphatic rings. The molecule has 3 aromatic heterocycles. The molecule has 0 bridgehead atoms. The highest BCUT2D eigenvalue weighted by Crippen LogP contribution is 2.30. The Hall–Kier alpha value is -3.36. The second kappa shape index (κ2) is 8.41. The van der Waals surface area contributed by atoms with Gasteiger partial charge in [0.25, 0.3) is 5.91 Å². The monoisotopic (exact) mass is 421 g/mol. The van der Waals surface area contributed by atoms with E-state index < -0.39 is 0 Å². The van der Waals surface area contributed by atoms with Crippen LogP contribution in [-0.2, 0) is 0 Å². The number of anilines is 3. The van der Waals surface area contributed by atoms with Crippen molar-refractivity contribution in [1.29, 1.82) is 0 Å². The van der Waals surface area contributed by atoms with Crippen LogP contribution in [0.15, 0.2) is 30.6 Å². The first kappa shape index (κ1) is 19.6. The third kappa shape index (κ3) is 4.26. The highest BCUT2D eigenvalue weighted by molar-refractivity contribution is 6.00. The second-order valence-corrected chi connectivity index (χ2v) is 8.18. The average Bonchev–Trinajstić information content (AvgIpc) is 3.50. The van der Waals surface area contributed by atoms with Crippen molar-refractivity contribution in [2.45, 2.75) is 57.1 Å². The molecule has 1 amide bonds. The summed E-state index contributed by atoms with van der Waals surface area (Å²) in [7, 11) is 1.81. The van der Waals surface area contributed by atoms with Crippen LogP contribution in [0.3, 0.4) is 0 Å². The molecule has 9 nitrogen and oxygen atoms in total. The Morgan fingerprint density at radius 3 is 2.81 bits per heavy atom. The molecule has 31 heavy (non-hydrogen) atoms. The van der Waals surface area contributed by atoms with E-state index in [0.29, 0.717) is 22.9 Å². The quantitative estimate of drug-likeness (QED) is 0.536. The minimum Gasteiger partial charge on any atom is -0.473 e. The zero-order chi connectivity index (χ0) is 21.2. The molecule has 2 fully saturated rings. The third-order valence-electron chi connectivity index (χ3n) is 5.75. The van der Waals surface area contributed by atoms with Crippen LogP contribution in [0, 0.1) is 0 Å². The summed E-state index contributed by atoms with van der Waals surface area (Å²) in [6, 6.07) is 5.90. The van der Waals surface area contributed by atoms with E-state index in [-0.39, 0.29) is 18.1 Å². The lowest BCUT2D eigenvalue weighted by atomic mass is 9.98. The highest BCUT2D eigenvalue weighted by Gasteiger charge is 2.26. The van der Waals surface area contributed by atoms with Crippen LogP contribution in [0.4, 0.5) is 17.3 Å². The average molecular weight is 422 g/mol. The van der Waals surface area contributed by atoms with Crippen LogP contribution in [0.1, 0.15) is 55.3 Å². The van der Waals surface area contributed by atoms with Gasteiger partial charge in [0.15, 0.2) is 5.65 Å². The first-order chi connectivity index (χ1) is 15.2. The Morgan fingerprint density at radius 1 is 1.19 bits per heavy atom. The van der Waals surface area contributed by atoms with Gasteiger partial charge in [0.05, 0.1) is 6.20 Å². The first-order valence-electron chi connectivity index (χ1n) is 11.0. The number of rotatable bonds is 7. The van der Waals surface area contributed by atoms with E-state index in [1.807, 2.05) is 25.2 Å².